The van der Waals surface area contributed by atoms with Gasteiger partial charge in [0.2, 0.25) is 0 Å². The third-order valence-corrected chi connectivity index (χ3v) is 5.73. The maximum absolute atomic E-state index is 14.0. The summed E-state index contributed by atoms with van der Waals surface area (Å²) in [6.07, 6.45) is -0.350. The molecule has 0 spiro atoms. The number of hydrogen-bond acceptors (Lipinski definition) is 4. The van der Waals surface area contributed by atoms with E-state index in [2.05, 4.69) is 0 Å². The molecule has 34 heavy (non-hydrogen) atoms. The van der Waals surface area contributed by atoms with Crippen LogP contribution in [0.3, 0.4) is 0 Å². The Bertz CT molecular complexity index is 1240. The Kier molecular flexibility index (Phi) is 6.98. The van der Waals surface area contributed by atoms with Gasteiger partial charge < -0.3 is 14.6 Å². The Balaban J connectivity index is 1.71. The molecule has 1 heterocycles. The molecule has 0 aliphatic carbocycles. The van der Waals surface area contributed by atoms with Gasteiger partial charge in [0.15, 0.2) is 6.61 Å². The number of nitrogens with zero attached hydrogens (tertiary/aromatic N) is 1. The molecule has 1 atom stereocenters. The molecule has 0 radical (unpaired) electrons. The number of carboxylic acids is 1. The highest BCUT2D eigenvalue weighted by Gasteiger charge is 2.35. The summed E-state index contributed by atoms with van der Waals surface area (Å²) in [7, 11) is 0. The molecule has 0 saturated carbocycles. The van der Waals surface area contributed by atoms with Crippen molar-refractivity contribution >= 4 is 23.7 Å². The largest absolute Gasteiger partial charge is 0.482 e. The van der Waals surface area contributed by atoms with Crippen LogP contribution in [0, 0.1) is 11.6 Å². The first-order valence-corrected chi connectivity index (χ1v) is 10.8. The van der Waals surface area contributed by atoms with Crippen LogP contribution < -0.4 is 4.74 Å². The summed E-state index contributed by atoms with van der Waals surface area (Å²) in [6.45, 7) is -0.694. The second-order valence-corrected chi connectivity index (χ2v) is 8.14. The van der Waals surface area contributed by atoms with E-state index in [1.54, 1.807) is 18.2 Å². The number of rotatable bonds is 6. The van der Waals surface area contributed by atoms with Crippen LogP contribution in [0.5, 0.6) is 5.75 Å². The van der Waals surface area contributed by atoms with Crippen molar-refractivity contribution in [2.24, 2.45) is 0 Å². The van der Waals surface area contributed by atoms with Gasteiger partial charge in [0.25, 0.3) is 0 Å². The van der Waals surface area contributed by atoms with Gasteiger partial charge in [-0.15, -0.1) is 0 Å². The molecule has 3 aromatic carbocycles. The molecular formula is C25H20ClF2NO5. The molecular weight excluding hydrogens is 468 g/mol. The minimum atomic E-state index is -1.17. The Morgan fingerprint density at radius 1 is 1.06 bits per heavy atom. The third-order valence-electron chi connectivity index (χ3n) is 5.49. The number of amides is 1. The number of carbonyl (C=O) groups is 2. The summed E-state index contributed by atoms with van der Waals surface area (Å²) in [6, 6.07) is 14.0. The van der Waals surface area contributed by atoms with E-state index in [9.17, 15) is 18.4 Å². The maximum atomic E-state index is 14.0. The van der Waals surface area contributed by atoms with Crippen LogP contribution in [0.15, 0.2) is 60.7 Å². The standard InChI is InChI=1S/C25H20ClF2NO5/c26-17-5-8-22(33-14-23(30)31)20(12-17)24-19-7-6-18(27)11-15(19)9-10-29(24)25(32)34-13-16-3-1-2-4-21(16)28/h1-8,11-12,24H,9-10,13-14H2,(H,30,31)/t24-/m0/s1. The van der Waals surface area contributed by atoms with Gasteiger partial charge in [-0.3, -0.25) is 4.90 Å². The molecule has 176 valence electrons. The average molecular weight is 488 g/mol. The fourth-order valence-electron chi connectivity index (χ4n) is 3.97. The number of carbonyl (C=O) groups excluding carboxylic acids is 1. The second-order valence-electron chi connectivity index (χ2n) is 7.70. The van der Waals surface area contributed by atoms with E-state index >= 15 is 0 Å². The van der Waals surface area contributed by atoms with Crippen LogP contribution in [0.2, 0.25) is 5.02 Å². The number of benzene rings is 3. The van der Waals surface area contributed by atoms with Crippen LogP contribution >= 0.6 is 11.6 Å². The van der Waals surface area contributed by atoms with Gasteiger partial charge in [0.05, 0.1) is 6.04 Å². The monoisotopic (exact) mass is 487 g/mol. The van der Waals surface area contributed by atoms with Gasteiger partial charge in [0, 0.05) is 22.7 Å². The number of fused-ring (bicyclic) bond motifs is 1. The molecule has 1 amide bonds. The molecule has 1 aliphatic rings. The molecule has 6 nitrogen and oxygen atoms in total. The lowest BCUT2D eigenvalue weighted by atomic mass is 9.88. The lowest BCUT2D eigenvalue weighted by Crippen LogP contribution is -2.41. The highest BCUT2D eigenvalue weighted by atomic mass is 35.5. The van der Waals surface area contributed by atoms with Crippen molar-refractivity contribution in [3.8, 4) is 5.75 Å². The molecule has 0 unspecified atom stereocenters. The van der Waals surface area contributed by atoms with Crippen molar-refractivity contribution in [1.29, 1.82) is 0 Å². The third kappa shape index (κ3) is 5.12. The summed E-state index contributed by atoms with van der Waals surface area (Å²) in [4.78, 5) is 25.6. The normalized spacial score (nSPS) is 14.9. The molecule has 3 aromatic rings. The van der Waals surface area contributed by atoms with E-state index in [0.717, 1.165) is 0 Å². The minimum absolute atomic E-state index is 0.183. The molecule has 1 N–H and O–H groups in total. The van der Waals surface area contributed by atoms with E-state index in [0.29, 0.717) is 28.1 Å². The summed E-state index contributed by atoms with van der Waals surface area (Å²) in [5, 5.41) is 9.39. The number of carboxylic acid groups (broad SMARTS) is 1. The molecule has 0 fully saturated rings. The first-order chi connectivity index (χ1) is 16.3. The topological polar surface area (TPSA) is 76.1 Å². The fourth-order valence-corrected chi connectivity index (χ4v) is 4.15. The van der Waals surface area contributed by atoms with Crippen molar-refractivity contribution < 1.29 is 33.0 Å². The van der Waals surface area contributed by atoms with Crippen LogP contribution in [-0.2, 0) is 22.6 Å². The quantitative estimate of drug-likeness (QED) is 0.506. The molecule has 0 bridgehead atoms. The van der Waals surface area contributed by atoms with Crippen LogP contribution in [0.1, 0.15) is 28.3 Å². The predicted molar refractivity (Wildman–Crippen MR) is 120 cm³/mol. The van der Waals surface area contributed by atoms with Crippen molar-refractivity contribution in [3.05, 3.63) is 99.6 Å². The van der Waals surface area contributed by atoms with Crippen LogP contribution in [-0.4, -0.2) is 35.2 Å². The van der Waals surface area contributed by atoms with Gasteiger partial charge in [-0.05, 0) is 53.9 Å². The number of hydrogen-bond donors (Lipinski definition) is 1. The highest BCUT2D eigenvalue weighted by Crippen LogP contribution is 2.41. The Morgan fingerprint density at radius 3 is 2.62 bits per heavy atom. The zero-order chi connectivity index (χ0) is 24.2. The number of ether oxygens (including phenoxy) is 2. The lowest BCUT2D eigenvalue weighted by molar-refractivity contribution is -0.139. The van der Waals surface area contributed by atoms with Crippen LogP contribution in [0.25, 0.3) is 0 Å². The summed E-state index contributed by atoms with van der Waals surface area (Å²) < 4.78 is 38.8. The van der Waals surface area contributed by atoms with Gasteiger partial charge in [0.1, 0.15) is 24.0 Å². The second kappa shape index (κ2) is 10.1. The Labute approximate surface area is 199 Å². The van der Waals surface area contributed by atoms with E-state index in [-0.39, 0.29) is 24.5 Å². The highest BCUT2D eigenvalue weighted by molar-refractivity contribution is 6.30. The predicted octanol–water partition coefficient (Wildman–Crippen LogP) is 5.37. The van der Waals surface area contributed by atoms with Crippen molar-refractivity contribution in [3.63, 3.8) is 0 Å². The summed E-state index contributed by atoms with van der Waals surface area (Å²) >= 11 is 6.23. The molecule has 0 aromatic heterocycles. The summed E-state index contributed by atoms with van der Waals surface area (Å²) in [5.74, 6) is -1.87. The SMILES string of the molecule is O=C(O)COc1ccc(Cl)cc1[C@@H]1c2ccc(F)cc2CCN1C(=O)OCc1ccccc1F. The van der Waals surface area contributed by atoms with Gasteiger partial charge >= 0.3 is 12.1 Å². The zero-order valence-corrected chi connectivity index (χ0v) is 18.6. The Hall–Kier alpha value is -3.65. The Morgan fingerprint density at radius 2 is 1.85 bits per heavy atom. The van der Waals surface area contributed by atoms with Crippen LogP contribution in [0.4, 0.5) is 13.6 Å². The fraction of sp³-hybridized carbons (Fsp3) is 0.200. The van der Waals surface area contributed by atoms with Gasteiger partial charge in [-0.25, -0.2) is 18.4 Å². The van der Waals surface area contributed by atoms with Gasteiger partial charge in [-0.2, -0.15) is 0 Å². The van der Waals surface area contributed by atoms with E-state index in [1.807, 2.05) is 0 Å². The van der Waals surface area contributed by atoms with Crippen molar-refractivity contribution in [2.75, 3.05) is 13.2 Å². The number of halogens is 3. The van der Waals surface area contributed by atoms with Crippen molar-refractivity contribution in [1.82, 2.24) is 4.90 Å². The zero-order valence-electron chi connectivity index (χ0n) is 17.8. The first-order valence-electron chi connectivity index (χ1n) is 10.4. The number of aliphatic carboxylic acids is 1. The smallest absolute Gasteiger partial charge is 0.410 e. The summed E-state index contributed by atoms with van der Waals surface area (Å²) in [5.41, 5.74) is 1.95. The van der Waals surface area contributed by atoms with E-state index in [4.69, 9.17) is 26.2 Å². The lowest BCUT2D eigenvalue weighted by Gasteiger charge is -2.37. The first kappa shape index (κ1) is 23.5. The van der Waals surface area contributed by atoms with Crippen molar-refractivity contribution in [2.45, 2.75) is 19.1 Å². The van der Waals surface area contributed by atoms with E-state index in [1.165, 1.54) is 47.4 Å². The molecule has 9 heteroatoms. The molecule has 0 saturated heterocycles. The van der Waals surface area contributed by atoms with Gasteiger partial charge in [-0.1, -0.05) is 35.9 Å². The van der Waals surface area contributed by atoms with E-state index < -0.39 is 36.3 Å². The maximum Gasteiger partial charge on any atom is 0.410 e. The minimum Gasteiger partial charge on any atom is -0.482 e. The molecule has 1 aliphatic heterocycles. The molecule has 4 rings (SSSR count). The average Bonchev–Trinajstić information content (AvgIpc) is 2.81.